The predicted octanol–water partition coefficient (Wildman–Crippen LogP) is -1.01. The Balaban J connectivity index is 0.798. The summed E-state index contributed by atoms with van der Waals surface area (Å²) in [5, 5.41) is 89.4. The third-order valence-corrected chi connectivity index (χ3v) is 24.5. The number of aliphatic carboxylic acids is 3. The first-order valence-electron chi connectivity index (χ1n) is 46.7. The Hall–Kier alpha value is -15.1. The van der Waals surface area contributed by atoms with E-state index in [4.69, 9.17) is 28.0 Å². The Morgan fingerprint density at radius 1 is 0.421 bits per heavy atom. The second kappa shape index (κ2) is 53.0. The number of nitrogens with zero attached hydrogens (tertiary/aromatic N) is 6. The molecule has 9 atom stereocenters. The van der Waals surface area contributed by atoms with Gasteiger partial charge in [0.1, 0.15) is 48.3 Å². The minimum atomic E-state index is -1.86. The van der Waals surface area contributed by atoms with Crippen LogP contribution in [0.5, 0.6) is 0 Å². The first-order valence-corrected chi connectivity index (χ1v) is 46.7. The van der Waals surface area contributed by atoms with Crippen molar-refractivity contribution in [3.63, 3.8) is 0 Å². The number of nitrogens with one attached hydrogen (secondary N) is 16. The summed E-state index contributed by atoms with van der Waals surface area (Å²) in [5.41, 5.74) is 22.5. The summed E-state index contributed by atoms with van der Waals surface area (Å²) in [6.07, 6.45) is 6.30. The van der Waals surface area contributed by atoms with Crippen LogP contribution < -0.4 is 75.7 Å². The molecule has 43 nitrogen and oxygen atoms in total. The van der Waals surface area contributed by atoms with Gasteiger partial charge in [0.25, 0.3) is 0 Å². The van der Waals surface area contributed by atoms with Gasteiger partial charge < -0.3 is 116 Å². The molecule has 10 amide bonds. The van der Waals surface area contributed by atoms with Gasteiger partial charge in [0.2, 0.25) is 59.1 Å². The fraction of sp³-hybridized carbons (Fsp3) is 0.412. The molecule has 140 heavy (non-hydrogen) atoms. The highest BCUT2D eigenvalue weighted by Gasteiger charge is 2.41. The number of nitrogens with two attached hydrogens (primary N) is 3. The summed E-state index contributed by atoms with van der Waals surface area (Å²) in [7, 11) is 0. The van der Waals surface area contributed by atoms with Gasteiger partial charge in [0.05, 0.1) is 45.2 Å². The number of hydrogen-bond donors (Lipinski definition) is 23. The zero-order chi connectivity index (χ0) is 100. The average molecular weight is 1930 g/mol. The van der Waals surface area contributed by atoms with Crippen molar-refractivity contribution in [2.75, 3.05) is 118 Å². The lowest BCUT2D eigenvalue weighted by molar-refractivity contribution is -0.141. The van der Waals surface area contributed by atoms with Crippen LogP contribution in [0.4, 0.5) is 0 Å². The molecule has 0 saturated carbocycles. The van der Waals surface area contributed by atoms with Crippen LogP contribution in [0.1, 0.15) is 95.2 Å². The SMILES string of the molecule is N=C(N)NCCC[C@H](NC(=O)C(N)Cc1ccc2ccccc2c1)C(=O)N[C@@H](Cc1c[nH]c2ccccc12)C(=O)N[C@@H](CO)C(=O)N[C@@H](Cc1cnc[nH]1)C(=O)N[C@H](CCCNC(=N)N)C(=O)N[C@@H](Cc1c[nH]c2ccccc12)C(=O)N[C@@H](Cc1ccc(C(=O)c2ccccc2)cc1)C(=O)N1CCC[C@H]1C(=O)NCCCCNC(=O)CN1CCN(CC(=O)O)CCN(CC(=O)O)CCN(CC(=O)O)CC1. The molecule has 26 N–H and O–H groups in total. The van der Waals surface area contributed by atoms with E-state index in [1.54, 1.807) is 135 Å². The Morgan fingerprint density at radius 3 is 1.36 bits per heavy atom. The number of guanidine groups is 2. The molecule has 0 spiro atoms. The number of aliphatic hydroxyl groups is 1. The van der Waals surface area contributed by atoms with Gasteiger partial charge >= 0.3 is 17.9 Å². The number of aromatic amines is 3. The third kappa shape index (κ3) is 32.6. The van der Waals surface area contributed by atoms with E-state index >= 15 is 24.0 Å². The number of carbonyl (C=O) groups is 14. The Bertz CT molecular complexity index is 5750. The first kappa shape index (κ1) is 105. The second-order valence-electron chi connectivity index (χ2n) is 34.9. The predicted molar refractivity (Wildman–Crippen MR) is 520 cm³/mol. The summed E-state index contributed by atoms with van der Waals surface area (Å²) in [5.74, 6) is -12.4. The van der Waals surface area contributed by atoms with Crippen LogP contribution in [0, 0.1) is 10.8 Å². The number of carbonyl (C=O) groups excluding carboxylic acids is 11. The van der Waals surface area contributed by atoms with Crippen molar-refractivity contribution in [2.24, 2.45) is 17.2 Å². The molecule has 2 fully saturated rings. The van der Waals surface area contributed by atoms with Gasteiger partial charge in [-0.15, -0.1) is 0 Å². The summed E-state index contributed by atoms with van der Waals surface area (Å²) in [4.78, 5) is 220. The number of carboxylic acids is 3. The molecule has 6 aromatic carbocycles. The summed E-state index contributed by atoms with van der Waals surface area (Å²) in [6.45, 7) is -0.0342. The van der Waals surface area contributed by atoms with E-state index in [-0.39, 0.29) is 199 Å². The van der Waals surface area contributed by atoms with Gasteiger partial charge in [0.15, 0.2) is 17.7 Å². The second-order valence-corrected chi connectivity index (χ2v) is 34.9. The van der Waals surface area contributed by atoms with Crippen molar-refractivity contribution in [3.8, 4) is 0 Å². The number of fused-ring (bicyclic) bond motifs is 3. The Kier molecular flexibility index (Phi) is 39.9. The molecule has 2 saturated heterocycles. The smallest absolute Gasteiger partial charge is 0.317 e. The van der Waals surface area contributed by atoms with Crippen LogP contribution >= 0.6 is 0 Å². The minimum absolute atomic E-state index is 0.0120. The molecule has 0 bridgehead atoms. The molecule has 1 unspecified atom stereocenters. The number of carboxylic acid groups (broad SMARTS) is 3. The highest BCUT2D eigenvalue weighted by molar-refractivity contribution is 6.09. The van der Waals surface area contributed by atoms with E-state index in [0.717, 1.165) is 16.3 Å². The molecule has 0 aliphatic carbocycles. The van der Waals surface area contributed by atoms with Gasteiger partial charge in [-0.25, -0.2) is 4.98 Å². The molecular formula is C97H125N25O18. The number of hydrogen-bond acceptors (Lipinski definition) is 23. The number of H-pyrrole nitrogens is 3. The molecule has 11 rings (SSSR count). The summed E-state index contributed by atoms with van der Waals surface area (Å²) < 4.78 is 0. The van der Waals surface area contributed by atoms with Gasteiger partial charge in [-0.1, -0.05) is 133 Å². The van der Waals surface area contributed by atoms with E-state index in [2.05, 4.69) is 78.4 Å². The molecule has 2 aliphatic heterocycles. The van der Waals surface area contributed by atoms with Crippen LogP contribution in [-0.2, 0) is 94.4 Å². The van der Waals surface area contributed by atoms with Crippen LogP contribution in [0.15, 0.2) is 171 Å². The average Bonchev–Trinajstić information content (AvgIpc) is 1.65. The number of benzene rings is 6. The third-order valence-electron chi connectivity index (χ3n) is 24.5. The Labute approximate surface area is 807 Å². The quantitative estimate of drug-likeness (QED) is 0.00940. The van der Waals surface area contributed by atoms with Crippen molar-refractivity contribution < 1.29 is 87.5 Å². The monoisotopic (exact) mass is 1930 g/mol. The largest absolute Gasteiger partial charge is 0.480 e. The van der Waals surface area contributed by atoms with Crippen LogP contribution in [0.3, 0.4) is 0 Å². The fourth-order valence-corrected chi connectivity index (χ4v) is 17.0. The van der Waals surface area contributed by atoms with Gasteiger partial charge in [-0.2, -0.15) is 0 Å². The van der Waals surface area contributed by atoms with Crippen LogP contribution in [0.25, 0.3) is 32.6 Å². The molecule has 746 valence electrons. The van der Waals surface area contributed by atoms with E-state index in [1.807, 2.05) is 42.5 Å². The van der Waals surface area contributed by atoms with Crippen LogP contribution in [0.2, 0.25) is 0 Å². The lowest BCUT2D eigenvalue weighted by atomic mass is 9.98. The van der Waals surface area contributed by atoms with Gasteiger partial charge in [0, 0.05) is 168 Å². The van der Waals surface area contributed by atoms with E-state index in [1.165, 1.54) is 17.4 Å². The lowest BCUT2D eigenvalue weighted by Gasteiger charge is -2.32. The summed E-state index contributed by atoms with van der Waals surface area (Å²) >= 11 is 0. The number of ketones is 1. The minimum Gasteiger partial charge on any atom is -0.480 e. The van der Waals surface area contributed by atoms with E-state index in [9.17, 15) is 63.6 Å². The van der Waals surface area contributed by atoms with Crippen molar-refractivity contribution in [1.29, 1.82) is 10.8 Å². The number of para-hydroxylation sites is 2. The van der Waals surface area contributed by atoms with Crippen molar-refractivity contribution in [3.05, 3.63) is 210 Å². The molecule has 43 heteroatoms. The van der Waals surface area contributed by atoms with Crippen molar-refractivity contribution >= 4 is 127 Å². The zero-order valence-corrected chi connectivity index (χ0v) is 77.7. The maximum Gasteiger partial charge on any atom is 0.317 e. The number of imidazole rings is 1. The Morgan fingerprint density at radius 2 is 0.850 bits per heavy atom. The number of aliphatic hydroxyl groups excluding tert-OH is 1. The van der Waals surface area contributed by atoms with Gasteiger partial charge in [-0.3, -0.25) is 97.5 Å². The van der Waals surface area contributed by atoms with Gasteiger partial charge in [-0.05, 0) is 103 Å². The van der Waals surface area contributed by atoms with Crippen molar-refractivity contribution in [1.82, 2.24) is 103 Å². The molecular weight excluding hydrogens is 1800 g/mol. The number of rotatable bonds is 50. The highest BCUT2D eigenvalue weighted by Crippen LogP contribution is 2.26. The molecule has 2 aliphatic rings. The standard InChI is InChI=1S/C97H125N25O18/c98-71(46-61-28-29-62-15-4-5-18-65(62)45-61)87(132)111-74(23-12-34-106-96(99)100)88(133)114-77(49-67-52-109-73-22-9-7-20-70(67)73)91(136)117-80(58-123)93(138)115-78(50-68-53-103-59-110-68)92(137)112-75(24-13-35-107-97(101)102)89(134)113-76(48-66-51-108-72-21-8-6-19-69(66)72)90(135)116-79(47-60-26-30-64(31-27-60)86(131)63-16-2-1-3-17-63)95(140)122-36-14-25-81(122)94(139)105-33-11-10-32-104-82(124)54-118-37-39-119(55-83(125)126)41-43-121(57-85(129)130)44-42-120(40-38-118)56-84(127)128/h1-9,15-22,26-31,45,51-53,59,71,74-81,108-109,123H,10-14,23-25,32-44,46-50,54-58,98H2,(H,103,110)(H,104,124)(H,105,139)(H,111,132)(H,112,137)(H,113,134)(H,114,133)(H,115,138)(H,116,135)(H,117,136)(H,125,126)(H,127,128)(H,129,130)(H4,99,100,106)(H4,101,102,107)/t71?,74-,75+,76-,77-,78-,79-,80-,81-/m0/s1. The first-order chi connectivity index (χ1) is 67.4. The van der Waals surface area contributed by atoms with E-state index < -0.39 is 138 Å². The normalized spacial score (nSPS) is 15.8. The maximum atomic E-state index is 15.8. The zero-order valence-electron chi connectivity index (χ0n) is 77.7. The molecule has 9 aromatic rings. The number of likely N-dealkylation sites (tertiary alicyclic amines) is 1. The lowest BCUT2D eigenvalue weighted by Crippen LogP contribution is -2.61. The number of aromatic nitrogens is 4. The molecule has 0 radical (unpaired) electrons. The maximum absolute atomic E-state index is 15.8. The fourth-order valence-electron chi connectivity index (χ4n) is 17.0. The molecule has 3 aromatic heterocycles. The van der Waals surface area contributed by atoms with Crippen molar-refractivity contribution in [2.45, 2.75) is 138 Å². The van der Waals surface area contributed by atoms with E-state index in [0.29, 0.717) is 68.9 Å². The highest BCUT2D eigenvalue weighted by atomic mass is 16.4. The van der Waals surface area contributed by atoms with Crippen LogP contribution in [-0.4, -0.2) is 332 Å². The molecule has 5 heterocycles. The summed E-state index contributed by atoms with van der Waals surface area (Å²) in [6, 6.07) is 29.4. The number of amides is 10. The number of unbranched alkanes of at least 4 members (excludes halogenated alkanes) is 1. The topological polar surface area (TPSA) is 654 Å².